The minimum atomic E-state index is 0.132. The summed E-state index contributed by atoms with van der Waals surface area (Å²) in [6.45, 7) is 2.94. The third-order valence-electron chi connectivity index (χ3n) is 2.78. The van der Waals surface area contributed by atoms with Crippen LogP contribution in [0.3, 0.4) is 0 Å². The second-order valence-corrected chi connectivity index (χ2v) is 4.26. The number of imidazole rings is 1. The van der Waals surface area contributed by atoms with Gasteiger partial charge in [-0.25, -0.2) is 4.98 Å². The molecular weight excluding hydrogens is 238 g/mol. The standard InChI is InChI=1S/C12H16ClN3O/c1-3-14-10(9-4-7-17-12(9)13)8-11-15-5-6-16(11)2/h4-7,10,14H,3,8H2,1-2H3. The van der Waals surface area contributed by atoms with E-state index in [9.17, 15) is 0 Å². The lowest BCUT2D eigenvalue weighted by atomic mass is 10.1. The van der Waals surface area contributed by atoms with Crippen molar-refractivity contribution in [2.75, 3.05) is 6.54 Å². The highest BCUT2D eigenvalue weighted by molar-refractivity contribution is 6.29. The highest BCUT2D eigenvalue weighted by Crippen LogP contribution is 2.26. The molecule has 5 heteroatoms. The molecule has 0 radical (unpaired) electrons. The molecule has 0 bridgehead atoms. The summed E-state index contributed by atoms with van der Waals surface area (Å²) in [4.78, 5) is 4.33. The van der Waals surface area contributed by atoms with Gasteiger partial charge in [0, 0.05) is 37.5 Å². The quantitative estimate of drug-likeness (QED) is 0.891. The van der Waals surface area contributed by atoms with Crippen molar-refractivity contribution in [1.82, 2.24) is 14.9 Å². The molecule has 1 N–H and O–H groups in total. The molecule has 2 aromatic heterocycles. The number of aryl methyl sites for hydroxylation is 1. The highest BCUT2D eigenvalue weighted by Gasteiger charge is 2.18. The Morgan fingerprint density at radius 3 is 2.94 bits per heavy atom. The molecule has 0 fully saturated rings. The van der Waals surface area contributed by atoms with Crippen molar-refractivity contribution >= 4 is 11.6 Å². The Morgan fingerprint density at radius 1 is 1.59 bits per heavy atom. The van der Waals surface area contributed by atoms with Gasteiger partial charge in [0.2, 0.25) is 0 Å². The van der Waals surface area contributed by atoms with E-state index in [1.54, 1.807) is 12.5 Å². The molecule has 0 saturated carbocycles. The van der Waals surface area contributed by atoms with Crippen molar-refractivity contribution in [2.45, 2.75) is 19.4 Å². The minimum absolute atomic E-state index is 0.132. The number of nitrogens with one attached hydrogen (secondary N) is 1. The van der Waals surface area contributed by atoms with Crippen LogP contribution in [-0.2, 0) is 13.5 Å². The van der Waals surface area contributed by atoms with E-state index in [1.165, 1.54) is 0 Å². The summed E-state index contributed by atoms with van der Waals surface area (Å²) in [5, 5.41) is 3.84. The van der Waals surface area contributed by atoms with Gasteiger partial charge in [0.15, 0.2) is 5.22 Å². The van der Waals surface area contributed by atoms with Crippen LogP contribution in [0.15, 0.2) is 29.1 Å². The van der Waals surface area contributed by atoms with Gasteiger partial charge in [-0.15, -0.1) is 0 Å². The van der Waals surface area contributed by atoms with Gasteiger partial charge in [0.05, 0.1) is 6.26 Å². The van der Waals surface area contributed by atoms with Crippen LogP contribution in [0.4, 0.5) is 0 Å². The molecular formula is C12H16ClN3O. The first-order valence-corrected chi connectivity index (χ1v) is 6.02. The van der Waals surface area contributed by atoms with Crippen LogP contribution in [0, 0.1) is 0 Å². The van der Waals surface area contributed by atoms with Crippen molar-refractivity contribution in [3.05, 3.63) is 41.3 Å². The van der Waals surface area contributed by atoms with Crippen LogP contribution in [0.1, 0.15) is 24.4 Å². The number of hydrogen-bond acceptors (Lipinski definition) is 3. The van der Waals surface area contributed by atoms with Gasteiger partial charge in [0.25, 0.3) is 0 Å². The van der Waals surface area contributed by atoms with Crippen molar-refractivity contribution in [3.8, 4) is 0 Å². The summed E-state index contributed by atoms with van der Waals surface area (Å²) < 4.78 is 7.15. The molecule has 0 amide bonds. The van der Waals surface area contributed by atoms with Crippen LogP contribution < -0.4 is 5.32 Å². The fourth-order valence-electron chi connectivity index (χ4n) is 1.87. The molecule has 0 aliphatic rings. The molecule has 17 heavy (non-hydrogen) atoms. The Bertz CT molecular complexity index is 478. The van der Waals surface area contributed by atoms with E-state index in [0.717, 1.165) is 24.4 Å². The molecule has 0 aliphatic carbocycles. The Hall–Kier alpha value is -1.26. The molecule has 1 unspecified atom stereocenters. The lowest BCUT2D eigenvalue weighted by Gasteiger charge is -2.16. The first-order chi connectivity index (χ1) is 8.22. The average molecular weight is 254 g/mol. The van der Waals surface area contributed by atoms with Crippen molar-refractivity contribution in [3.63, 3.8) is 0 Å². The van der Waals surface area contributed by atoms with Crippen molar-refractivity contribution in [1.29, 1.82) is 0 Å². The molecule has 4 nitrogen and oxygen atoms in total. The molecule has 0 aromatic carbocycles. The summed E-state index contributed by atoms with van der Waals surface area (Å²) in [5.41, 5.74) is 0.983. The predicted octanol–water partition coefficient (Wildman–Crippen LogP) is 2.56. The molecule has 2 heterocycles. The van der Waals surface area contributed by atoms with Crippen molar-refractivity contribution in [2.24, 2.45) is 7.05 Å². The third-order valence-corrected chi connectivity index (χ3v) is 3.09. The molecule has 1 atom stereocenters. The van der Waals surface area contributed by atoms with Gasteiger partial charge in [-0.3, -0.25) is 0 Å². The van der Waals surface area contributed by atoms with E-state index in [2.05, 4.69) is 17.2 Å². The molecule has 0 spiro atoms. The summed E-state index contributed by atoms with van der Waals surface area (Å²) in [6.07, 6.45) is 6.14. The number of likely N-dealkylation sites (N-methyl/N-ethyl adjacent to an activating group) is 1. The van der Waals surface area contributed by atoms with E-state index in [-0.39, 0.29) is 6.04 Å². The van der Waals surface area contributed by atoms with E-state index >= 15 is 0 Å². The first-order valence-electron chi connectivity index (χ1n) is 5.64. The summed E-state index contributed by atoms with van der Waals surface area (Å²) in [7, 11) is 1.99. The minimum Gasteiger partial charge on any atom is -0.453 e. The fraction of sp³-hybridized carbons (Fsp3) is 0.417. The number of furan rings is 1. The van der Waals surface area contributed by atoms with Crippen LogP contribution in [0.2, 0.25) is 5.22 Å². The van der Waals surface area contributed by atoms with Gasteiger partial charge in [0.1, 0.15) is 5.82 Å². The second-order valence-electron chi connectivity index (χ2n) is 3.92. The molecule has 92 valence electrons. The molecule has 0 aliphatic heterocycles. The highest BCUT2D eigenvalue weighted by atomic mass is 35.5. The monoisotopic (exact) mass is 253 g/mol. The zero-order valence-electron chi connectivity index (χ0n) is 9.98. The molecule has 2 rings (SSSR count). The molecule has 0 saturated heterocycles. The smallest absolute Gasteiger partial charge is 0.197 e. The zero-order valence-corrected chi connectivity index (χ0v) is 10.7. The number of aromatic nitrogens is 2. The Kier molecular flexibility index (Phi) is 3.86. The van der Waals surface area contributed by atoms with Crippen molar-refractivity contribution < 1.29 is 4.42 Å². The predicted molar refractivity (Wildman–Crippen MR) is 67.0 cm³/mol. The number of halogens is 1. The number of hydrogen-bond donors (Lipinski definition) is 1. The Labute approximate surface area is 106 Å². The second kappa shape index (κ2) is 5.38. The first kappa shape index (κ1) is 12.2. The normalized spacial score (nSPS) is 12.9. The van der Waals surface area contributed by atoms with Gasteiger partial charge < -0.3 is 14.3 Å². The average Bonchev–Trinajstić information content (AvgIpc) is 2.88. The van der Waals surface area contributed by atoms with Crippen LogP contribution in [0.25, 0.3) is 0 Å². The topological polar surface area (TPSA) is 43.0 Å². The maximum absolute atomic E-state index is 6.02. The van der Waals surface area contributed by atoms with Gasteiger partial charge in [-0.1, -0.05) is 6.92 Å². The maximum atomic E-state index is 6.02. The third kappa shape index (κ3) is 2.70. The van der Waals surface area contributed by atoms with Crippen LogP contribution >= 0.6 is 11.6 Å². The zero-order chi connectivity index (χ0) is 12.3. The molecule has 2 aromatic rings. The number of rotatable bonds is 5. The Morgan fingerprint density at radius 2 is 2.41 bits per heavy atom. The summed E-state index contributed by atoms with van der Waals surface area (Å²) in [6, 6.07) is 2.03. The van der Waals surface area contributed by atoms with Gasteiger partial charge >= 0.3 is 0 Å². The number of nitrogens with zero attached hydrogens (tertiary/aromatic N) is 2. The lowest BCUT2D eigenvalue weighted by molar-refractivity contribution is 0.513. The van der Waals surface area contributed by atoms with E-state index < -0.39 is 0 Å². The lowest BCUT2D eigenvalue weighted by Crippen LogP contribution is -2.24. The summed E-state index contributed by atoms with van der Waals surface area (Å²) >= 11 is 6.02. The van der Waals surface area contributed by atoms with Gasteiger partial charge in [-0.05, 0) is 24.2 Å². The van der Waals surface area contributed by atoms with Crippen LogP contribution in [-0.4, -0.2) is 16.1 Å². The maximum Gasteiger partial charge on any atom is 0.197 e. The van der Waals surface area contributed by atoms with Crippen LogP contribution in [0.5, 0.6) is 0 Å². The Balaban J connectivity index is 2.19. The van der Waals surface area contributed by atoms with E-state index in [4.69, 9.17) is 16.0 Å². The summed E-state index contributed by atoms with van der Waals surface area (Å²) in [5.74, 6) is 1.02. The SMILES string of the molecule is CCNC(Cc1nccn1C)c1ccoc1Cl. The van der Waals surface area contributed by atoms with E-state index in [0.29, 0.717) is 5.22 Å². The fourth-order valence-corrected chi connectivity index (χ4v) is 2.11. The van der Waals surface area contributed by atoms with Gasteiger partial charge in [-0.2, -0.15) is 0 Å². The van der Waals surface area contributed by atoms with E-state index in [1.807, 2.05) is 23.9 Å². The largest absolute Gasteiger partial charge is 0.453 e.